The summed E-state index contributed by atoms with van der Waals surface area (Å²) in [4.78, 5) is 45.3. The summed E-state index contributed by atoms with van der Waals surface area (Å²) in [5.74, 6) is 0.223. The van der Waals surface area contributed by atoms with E-state index < -0.39 is 0 Å². The summed E-state index contributed by atoms with van der Waals surface area (Å²) in [5, 5.41) is 7.85. The Morgan fingerprint density at radius 2 is 2.16 bits per heavy atom. The van der Waals surface area contributed by atoms with Crippen molar-refractivity contribution in [2.24, 2.45) is 0 Å². The number of pyridine rings is 1. The minimum absolute atomic E-state index is 0.0364. The van der Waals surface area contributed by atoms with Crippen LogP contribution in [0.3, 0.4) is 0 Å². The fraction of sp³-hybridized carbons (Fsp3) is 0.273. The lowest BCUT2D eigenvalue weighted by molar-refractivity contribution is -0.123. The number of piperazine rings is 1. The van der Waals surface area contributed by atoms with Gasteiger partial charge < -0.3 is 15.5 Å². The number of nitrogens with zero attached hydrogens (tertiary/aromatic N) is 5. The Labute approximate surface area is 187 Å². The number of amides is 2. The molecule has 162 valence electrons. The van der Waals surface area contributed by atoms with Gasteiger partial charge in [-0.05, 0) is 30.9 Å². The van der Waals surface area contributed by atoms with Gasteiger partial charge in [0.25, 0.3) is 5.91 Å². The monoisotopic (exact) mass is 447 g/mol. The Balaban J connectivity index is 1.56. The van der Waals surface area contributed by atoms with Crippen LogP contribution in [0.15, 0.2) is 36.1 Å². The number of rotatable bonds is 4. The van der Waals surface area contributed by atoms with Crippen molar-refractivity contribution < 1.29 is 9.59 Å². The minimum atomic E-state index is -0.240. The number of benzene rings is 1. The standard InChI is InChI=1S/C22H21N7O2S/c1-12-4-3-5-14-8-15(13(2)27-20-19-21(25-10-24-20)32-11-26-19)28-18(17(12)14)22(31)29-7-6-23-16(30)9-29/h3-5,8,10-11,13H,6-7,9H2,1-2H3,(H,23,30)(H,24,25,27)/t13-/m0/s1. The molecule has 4 aromatic rings. The number of aromatic nitrogens is 4. The van der Waals surface area contributed by atoms with E-state index in [0.29, 0.717) is 35.8 Å². The highest BCUT2D eigenvalue weighted by Crippen LogP contribution is 2.29. The summed E-state index contributed by atoms with van der Waals surface area (Å²) in [6, 6.07) is 7.65. The van der Waals surface area contributed by atoms with Gasteiger partial charge in [0.2, 0.25) is 5.91 Å². The molecule has 1 atom stereocenters. The molecule has 2 N–H and O–H groups in total. The van der Waals surface area contributed by atoms with Crippen LogP contribution in [0.5, 0.6) is 0 Å². The molecule has 0 bridgehead atoms. The predicted molar refractivity (Wildman–Crippen MR) is 123 cm³/mol. The van der Waals surface area contributed by atoms with Gasteiger partial charge in [-0.1, -0.05) is 18.2 Å². The minimum Gasteiger partial charge on any atom is -0.360 e. The zero-order chi connectivity index (χ0) is 22.2. The second-order valence-electron chi connectivity index (χ2n) is 7.74. The van der Waals surface area contributed by atoms with Gasteiger partial charge in [0.05, 0.1) is 23.8 Å². The number of hydrogen-bond donors (Lipinski definition) is 2. The summed E-state index contributed by atoms with van der Waals surface area (Å²) < 4.78 is 0. The second-order valence-corrected chi connectivity index (χ2v) is 8.57. The Morgan fingerprint density at radius 1 is 1.28 bits per heavy atom. The van der Waals surface area contributed by atoms with E-state index in [1.165, 1.54) is 17.7 Å². The number of hydrogen-bond acceptors (Lipinski definition) is 8. The van der Waals surface area contributed by atoms with Crippen molar-refractivity contribution in [2.75, 3.05) is 25.0 Å². The maximum atomic E-state index is 13.4. The van der Waals surface area contributed by atoms with Crippen LogP contribution >= 0.6 is 11.3 Å². The number of aryl methyl sites for hydroxylation is 1. The molecule has 1 aliphatic rings. The van der Waals surface area contributed by atoms with E-state index in [2.05, 4.69) is 25.6 Å². The Morgan fingerprint density at radius 3 is 3.00 bits per heavy atom. The van der Waals surface area contributed by atoms with E-state index in [9.17, 15) is 9.59 Å². The van der Waals surface area contributed by atoms with Crippen LogP contribution in [0.4, 0.5) is 5.82 Å². The lowest BCUT2D eigenvalue weighted by Gasteiger charge is -2.27. The molecule has 0 saturated carbocycles. The lowest BCUT2D eigenvalue weighted by atomic mass is 10.0. The maximum Gasteiger partial charge on any atom is 0.273 e. The molecule has 5 rings (SSSR count). The number of anilines is 1. The van der Waals surface area contributed by atoms with Crippen molar-refractivity contribution in [2.45, 2.75) is 19.9 Å². The first-order valence-electron chi connectivity index (χ1n) is 10.3. The molecule has 4 heterocycles. The number of carbonyl (C=O) groups is 2. The van der Waals surface area contributed by atoms with Crippen molar-refractivity contribution in [1.82, 2.24) is 30.2 Å². The molecule has 0 aliphatic carbocycles. The Bertz CT molecular complexity index is 1350. The van der Waals surface area contributed by atoms with Gasteiger partial charge in [0, 0.05) is 18.5 Å². The third kappa shape index (κ3) is 3.62. The van der Waals surface area contributed by atoms with E-state index >= 15 is 0 Å². The topological polar surface area (TPSA) is 113 Å². The maximum absolute atomic E-state index is 13.4. The first-order chi connectivity index (χ1) is 15.5. The zero-order valence-corrected chi connectivity index (χ0v) is 18.4. The molecule has 0 radical (unpaired) electrons. The van der Waals surface area contributed by atoms with Crippen LogP contribution < -0.4 is 10.6 Å². The molecule has 1 aliphatic heterocycles. The van der Waals surface area contributed by atoms with Crippen LogP contribution in [-0.4, -0.2) is 56.3 Å². The van der Waals surface area contributed by atoms with E-state index in [0.717, 1.165) is 21.2 Å². The summed E-state index contributed by atoms with van der Waals surface area (Å²) in [6.45, 7) is 4.86. The molecule has 10 heteroatoms. The first-order valence-corrected chi connectivity index (χ1v) is 11.2. The average Bonchev–Trinajstić information content (AvgIpc) is 3.28. The van der Waals surface area contributed by atoms with Crippen LogP contribution in [-0.2, 0) is 4.79 Å². The van der Waals surface area contributed by atoms with Crippen molar-refractivity contribution in [3.8, 4) is 0 Å². The number of thiazole rings is 1. The zero-order valence-electron chi connectivity index (χ0n) is 17.6. The smallest absolute Gasteiger partial charge is 0.273 e. The van der Waals surface area contributed by atoms with Crippen molar-refractivity contribution in [3.05, 3.63) is 53.1 Å². The Kier molecular flexibility index (Phi) is 5.14. The molecule has 1 saturated heterocycles. The highest BCUT2D eigenvalue weighted by atomic mass is 32.1. The van der Waals surface area contributed by atoms with Gasteiger partial charge in [-0.3, -0.25) is 9.59 Å². The predicted octanol–water partition coefficient (Wildman–Crippen LogP) is 2.69. The third-order valence-corrected chi connectivity index (χ3v) is 6.28. The van der Waals surface area contributed by atoms with Crippen LogP contribution in [0.1, 0.15) is 34.7 Å². The molecular weight excluding hydrogens is 426 g/mol. The third-order valence-electron chi connectivity index (χ3n) is 5.55. The van der Waals surface area contributed by atoms with Gasteiger partial charge in [0.15, 0.2) is 5.82 Å². The van der Waals surface area contributed by atoms with Crippen LogP contribution in [0.25, 0.3) is 21.1 Å². The van der Waals surface area contributed by atoms with Crippen LogP contribution in [0, 0.1) is 6.92 Å². The quantitative estimate of drug-likeness (QED) is 0.494. The molecule has 1 fully saturated rings. The molecule has 0 unspecified atom stereocenters. The Hall–Kier alpha value is -3.66. The largest absolute Gasteiger partial charge is 0.360 e. The molecule has 2 amide bonds. The fourth-order valence-electron chi connectivity index (χ4n) is 3.93. The van der Waals surface area contributed by atoms with Crippen molar-refractivity contribution in [1.29, 1.82) is 0 Å². The van der Waals surface area contributed by atoms with E-state index in [4.69, 9.17) is 4.98 Å². The molecular formula is C22H21N7O2S. The van der Waals surface area contributed by atoms with E-state index in [1.807, 2.05) is 38.1 Å². The first kappa shape index (κ1) is 20.3. The molecule has 9 nitrogen and oxygen atoms in total. The van der Waals surface area contributed by atoms with E-state index in [1.54, 1.807) is 10.4 Å². The number of nitrogens with one attached hydrogen (secondary N) is 2. The SMILES string of the molecule is Cc1cccc2cc([C@H](C)Nc3ncnc4scnc34)nc(C(=O)N3CCNC(=O)C3)c12. The van der Waals surface area contributed by atoms with Crippen molar-refractivity contribution in [3.63, 3.8) is 0 Å². The molecule has 1 aromatic carbocycles. The van der Waals surface area contributed by atoms with Gasteiger partial charge >= 0.3 is 0 Å². The summed E-state index contributed by atoms with van der Waals surface area (Å²) in [7, 11) is 0. The summed E-state index contributed by atoms with van der Waals surface area (Å²) >= 11 is 1.45. The lowest BCUT2D eigenvalue weighted by Crippen LogP contribution is -2.50. The molecule has 32 heavy (non-hydrogen) atoms. The van der Waals surface area contributed by atoms with Gasteiger partial charge in [-0.25, -0.2) is 19.9 Å². The fourth-order valence-corrected chi connectivity index (χ4v) is 4.55. The van der Waals surface area contributed by atoms with Gasteiger partial charge in [-0.2, -0.15) is 0 Å². The number of carbonyl (C=O) groups excluding carboxylic acids is 2. The van der Waals surface area contributed by atoms with Gasteiger partial charge in [-0.15, -0.1) is 11.3 Å². The van der Waals surface area contributed by atoms with Gasteiger partial charge in [0.1, 0.15) is 22.4 Å². The number of fused-ring (bicyclic) bond motifs is 2. The molecule has 3 aromatic heterocycles. The average molecular weight is 448 g/mol. The highest BCUT2D eigenvalue weighted by molar-refractivity contribution is 7.16. The molecule has 0 spiro atoms. The van der Waals surface area contributed by atoms with Crippen molar-refractivity contribution >= 4 is 50.1 Å². The van der Waals surface area contributed by atoms with Crippen LogP contribution in [0.2, 0.25) is 0 Å². The normalized spacial score (nSPS) is 15.1. The summed E-state index contributed by atoms with van der Waals surface area (Å²) in [5.41, 5.74) is 4.47. The van der Waals surface area contributed by atoms with E-state index in [-0.39, 0.29) is 24.4 Å². The second kappa shape index (κ2) is 8.12. The highest BCUT2D eigenvalue weighted by Gasteiger charge is 2.26. The summed E-state index contributed by atoms with van der Waals surface area (Å²) in [6.07, 6.45) is 1.50.